The summed E-state index contributed by atoms with van der Waals surface area (Å²) < 4.78 is 0. The van der Waals surface area contributed by atoms with Crippen molar-refractivity contribution >= 4 is 28.3 Å². The highest BCUT2D eigenvalue weighted by Gasteiger charge is 2.19. The second-order valence-corrected chi connectivity index (χ2v) is 4.82. The number of nitrogens with one attached hydrogen (secondary N) is 1. The van der Waals surface area contributed by atoms with E-state index in [-0.39, 0.29) is 5.69 Å². The molecule has 94 valence electrons. The van der Waals surface area contributed by atoms with E-state index in [1.165, 1.54) is 24.0 Å². The molecule has 2 aromatic rings. The molecule has 2 heterocycles. The van der Waals surface area contributed by atoms with Gasteiger partial charge in [-0.3, -0.25) is 15.5 Å². The first-order chi connectivity index (χ1) is 9.24. The topological polar surface area (TPSA) is 80.4 Å². The van der Waals surface area contributed by atoms with Crippen LogP contribution in [0.15, 0.2) is 52.6 Å². The molecule has 0 radical (unpaired) electrons. The summed E-state index contributed by atoms with van der Waals surface area (Å²) in [4.78, 5) is 15.0. The molecule has 0 aliphatic carbocycles. The highest BCUT2D eigenvalue weighted by atomic mass is 32.2. The third-order valence-electron chi connectivity index (χ3n) is 2.54. The monoisotopic (exact) mass is 272 g/mol. The van der Waals surface area contributed by atoms with Crippen LogP contribution in [-0.4, -0.2) is 15.0 Å². The van der Waals surface area contributed by atoms with Gasteiger partial charge in [-0.1, -0.05) is 42.1 Å². The average molecular weight is 272 g/mol. The van der Waals surface area contributed by atoms with Crippen LogP contribution in [0.2, 0.25) is 0 Å². The normalized spacial score (nSPS) is 13.2. The SMILES string of the molecule is O=[N+]([O-])c1cnc2c(c1)SC(c1ccccc1)=NN2. The third kappa shape index (κ3) is 2.27. The molecule has 7 heteroatoms. The van der Waals surface area contributed by atoms with Gasteiger partial charge in [-0.25, -0.2) is 4.98 Å². The predicted molar refractivity (Wildman–Crippen MR) is 73.4 cm³/mol. The lowest BCUT2D eigenvalue weighted by atomic mass is 10.2. The number of anilines is 1. The number of pyridine rings is 1. The zero-order valence-corrected chi connectivity index (χ0v) is 10.4. The Morgan fingerprint density at radius 2 is 2.05 bits per heavy atom. The highest BCUT2D eigenvalue weighted by molar-refractivity contribution is 8.14. The fourth-order valence-electron chi connectivity index (χ4n) is 1.63. The first kappa shape index (κ1) is 11.7. The second kappa shape index (κ2) is 4.69. The van der Waals surface area contributed by atoms with E-state index in [4.69, 9.17) is 0 Å². The molecule has 19 heavy (non-hydrogen) atoms. The van der Waals surface area contributed by atoms with Crippen LogP contribution in [0.1, 0.15) is 5.56 Å². The number of hydrogen-bond donors (Lipinski definition) is 1. The summed E-state index contributed by atoms with van der Waals surface area (Å²) in [5, 5.41) is 15.7. The van der Waals surface area contributed by atoms with Gasteiger partial charge in [0.1, 0.15) is 11.2 Å². The fourth-order valence-corrected chi connectivity index (χ4v) is 2.56. The van der Waals surface area contributed by atoms with E-state index in [2.05, 4.69) is 15.5 Å². The number of rotatable bonds is 2. The minimum absolute atomic E-state index is 0.0256. The van der Waals surface area contributed by atoms with Crippen LogP contribution in [0, 0.1) is 10.1 Å². The molecule has 0 atom stereocenters. The Kier molecular flexibility index (Phi) is 2.88. The number of hydrogen-bond acceptors (Lipinski definition) is 6. The lowest BCUT2D eigenvalue weighted by Gasteiger charge is -2.15. The first-order valence-corrected chi connectivity index (χ1v) is 6.27. The molecule has 6 nitrogen and oxygen atoms in total. The Hall–Kier alpha value is -2.41. The maximum Gasteiger partial charge on any atom is 0.288 e. The number of aromatic nitrogens is 1. The van der Waals surface area contributed by atoms with Gasteiger partial charge < -0.3 is 0 Å². The molecule has 1 aliphatic heterocycles. The van der Waals surface area contributed by atoms with E-state index in [1.54, 1.807) is 0 Å². The van der Waals surface area contributed by atoms with Gasteiger partial charge in [-0.15, -0.1) is 0 Å². The maximum absolute atomic E-state index is 10.7. The molecule has 0 saturated heterocycles. The fraction of sp³-hybridized carbons (Fsp3) is 0. The molecule has 3 rings (SSSR count). The second-order valence-electron chi connectivity index (χ2n) is 3.79. The number of nitro groups is 1. The van der Waals surface area contributed by atoms with Gasteiger partial charge in [-0.2, -0.15) is 5.10 Å². The minimum Gasteiger partial charge on any atom is -0.259 e. The van der Waals surface area contributed by atoms with Crippen molar-refractivity contribution in [1.82, 2.24) is 4.98 Å². The van der Waals surface area contributed by atoms with Crippen LogP contribution >= 0.6 is 11.8 Å². The first-order valence-electron chi connectivity index (χ1n) is 5.45. The molecule has 1 N–H and O–H groups in total. The van der Waals surface area contributed by atoms with Crippen LogP contribution in [0.25, 0.3) is 0 Å². The van der Waals surface area contributed by atoms with Crippen LogP contribution < -0.4 is 5.43 Å². The number of fused-ring (bicyclic) bond motifs is 1. The lowest BCUT2D eigenvalue weighted by Crippen LogP contribution is -2.08. The zero-order valence-electron chi connectivity index (χ0n) is 9.61. The summed E-state index contributed by atoms with van der Waals surface area (Å²) in [6, 6.07) is 11.1. The van der Waals surface area contributed by atoms with Crippen LogP contribution in [0.4, 0.5) is 11.5 Å². The van der Waals surface area contributed by atoms with Gasteiger partial charge in [0.25, 0.3) is 5.69 Å². The highest BCUT2D eigenvalue weighted by Crippen LogP contribution is 2.34. The maximum atomic E-state index is 10.7. The van der Waals surface area contributed by atoms with Crippen molar-refractivity contribution in [3.05, 3.63) is 58.3 Å². The molecule has 0 bridgehead atoms. The van der Waals surface area contributed by atoms with Crippen molar-refractivity contribution < 1.29 is 4.92 Å². The van der Waals surface area contributed by atoms with Gasteiger partial charge in [0.05, 0.1) is 9.82 Å². The Morgan fingerprint density at radius 1 is 1.26 bits per heavy atom. The van der Waals surface area contributed by atoms with Gasteiger partial charge in [0, 0.05) is 11.6 Å². The molecular weight excluding hydrogens is 264 g/mol. The number of nitrogens with zero attached hydrogens (tertiary/aromatic N) is 3. The molecule has 0 spiro atoms. The van der Waals surface area contributed by atoms with E-state index in [1.807, 2.05) is 30.3 Å². The van der Waals surface area contributed by atoms with Gasteiger partial charge in [0.15, 0.2) is 5.82 Å². The van der Waals surface area contributed by atoms with E-state index in [0.717, 1.165) is 10.6 Å². The average Bonchev–Trinajstić information content (AvgIpc) is 2.47. The smallest absolute Gasteiger partial charge is 0.259 e. The summed E-state index contributed by atoms with van der Waals surface area (Å²) in [6.45, 7) is 0. The van der Waals surface area contributed by atoms with E-state index in [0.29, 0.717) is 10.7 Å². The molecule has 0 amide bonds. The predicted octanol–water partition coefficient (Wildman–Crippen LogP) is 2.87. The van der Waals surface area contributed by atoms with Crippen molar-refractivity contribution in [1.29, 1.82) is 0 Å². The number of hydrazone groups is 1. The Morgan fingerprint density at radius 3 is 2.79 bits per heavy atom. The standard InChI is InChI=1S/C12H8N4O2S/c17-16(18)9-6-10-11(13-7-9)14-15-12(19-10)8-4-2-1-3-5-8/h1-7H,(H,13,14). The van der Waals surface area contributed by atoms with E-state index in [9.17, 15) is 10.1 Å². The van der Waals surface area contributed by atoms with Crippen molar-refractivity contribution in [3.63, 3.8) is 0 Å². The van der Waals surface area contributed by atoms with E-state index < -0.39 is 4.92 Å². The Bertz CT molecular complexity index is 673. The number of thioether (sulfide) groups is 1. The van der Waals surface area contributed by atoms with Crippen LogP contribution in [0.3, 0.4) is 0 Å². The molecular formula is C12H8N4O2S. The number of benzene rings is 1. The molecule has 1 aromatic heterocycles. The quantitative estimate of drug-likeness (QED) is 0.671. The largest absolute Gasteiger partial charge is 0.288 e. The zero-order chi connectivity index (χ0) is 13.2. The van der Waals surface area contributed by atoms with Crippen molar-refractivity contribution in [2.24, 2.45) is 5.10 Å². The molecule has 0 fully saturated rings. The third-order valence-corrected chi connectivity index (χ3v) is 3.59. The minimum atomic E-state index is -0.457. The van der Waals surface area contributed by atoms with Crippen molar-refractivity contribution in [2.45, 2.75) is 4.90 Å². The van der Waals surface area contributed by atoms with E-state index >= 15 is 0 Å². The lowest BCUT2D eigenvalue weighted by molar-refractivity contribution is -0.385. The molecule has 1 aliphatic rings. The summed E-state index contributed by atoms with van der Waals surface area (Å²) in [6.07, 6.45) is 1.22. The Balaban J connectivity index is 1.95. The van der Waals surface area contributed by atoms with Crippen LogP contribution in [-0.2, 0) is 0 Å². The molecule has 1 aromatic carbocycles. The van der Waals surface area contributed by atoms with Gasteiger partial charge in [0.2, 0.25) is 0 Å². The van der Waals surface area contributed by atoms with Crippen LogP contribution in [0.5, 0.6) is 0 Å². The Labute approximate surface area is 112 Å². The van der Waals surface area contributed by atoms with Gasteiger partial charge in [-0.05, 0) is 0 Å². The van der Waals surface area contributed by atoms with Crippen molar-refractivity contribution in [2.75, 3.05) is 5.43 Å². The summed E-state index contributed by atoms with van der Waals surface area (Å²) >= 11 is 1.36. The summed E-state index contributed by atoms with van der Waals surface area (Å²) in [5.74, 6) is 0.537. The van der Waals surface area contributed by atoms with Gasteiger partial charge >= 0.3 is 0 Å². The molecule has 0 saturated carbocycles. The summed E-state index contributed by atoms with van der Waals surface area (Å²) in [7, 11) is 0. The summed E-state index contributed by atoms with van der Waals surface area (Å²) in [5.41, 5.74) is 3.74. The van der Waals surface area contributed by atoms with Crippen molar-refractivity contribution in [3.8, 4) is 0 Å². The molecule has 0 unspecified atom stereocenters.